The molecule has 2 aromatic rings. The number of hydrogen-bond donors (Lipinski definition) is 0. The van der Waals surface area contributed by atoms with E-state index in [0.29, 0.717) is 12.0 Å². The highest BCUT2D eigenvalue weighted by molar-refractivity contribution is 6.01. The fourth-order valence-electron chi connectivity index (χ4n) is 2.05. The van der Waals surface area contributed by atoms with E-state index in [1.165, 1.54) is 0 Å². The van der Waals surface area contributed by atoms with Crippen molar-refractivity contribution in [1.29, 1.82) is 0 Å². The van der Waals surface area contributed by atoms with Gasteiger partial charge in [0.15, 0.2) is 6.10 Å². The van der Waals surface area contributed by atoms with E-state index in [9.17, 15) is 4.79 Å². The Morgan fingerprint density at radius 2 is 2.05 bits per heavy atom. The fraction of sp³-hybridized carbons (Fsp3) is 0.133. The maximum Gasteiger partial charge on any atom is 0.159 e. The number of benzene rings is 1. The van der Waals surface area contributed by atoms with Gasteiger partial charge in [0.05, 0.1) is 5.71 Å². The van der Waals surface area contributed by atoms with Gasteiger partial charge in [0, 0.05) is 29.9 Å². The van der Waals surface area contributed by atoms with E-state index in [2.05, 4.69) is 10.1 Å². The van der Waals surface area contributed by atoms with Crippen LogP contribution in [0.5, 0.6) is 0 Å². The van der Waals surface area contributed by atoms with E-state index in [1.807, 2.05) is 24.3 Å². The Balaban J connectivity index is 1.76. The van der Waals surface area contributed by atoms with Crippen molar-refractivity contribution >= 4 is 12.0 Å². The third-order valence-electron chi connectivity index (χ3n) is 3.11. The van der Waals surface area contributed by atoms with Gasteiger partial charge in [-0.15, -0.1) is 0 Å². The smallest absolute Gasteiger partial charge is 0.159 e. The van der Waals surface area contributed by atoms with E-state index in [-0.39, 0.29) is 6.10 Å². The summed E-state index contributed by atoms with van der Waals surface area (Å²) in [6.45, 7) is 0. The van der Waals surface area contributed by atoms with Crippen molar-refractivity contribution < 1.29 is 9.63 Å². The van der Waals surface area contributed by atoms with Crippen molar-refractivity contribution in [3.05, 3.63) is 65.5 Å². The Morgan fingerprint density at radius 3 is 2.74 bits per heavy atom. The summed E-state index contributed by atoms with van der Waals surface area (Å²) in [6.07, 6.45) is 4.99. The number of nitrogens with zero attached hydrogens (tertiary/aromatic N) is 2. The summed E-state index contributed by atoms with van der Waals surface area (Å²) in [7, 11) is 0. The molecule has 0 bridgehead atoms. The van der Waals surface area contributed by atoms with Crippen LogP contribution in [0.3, 0.4) is 0 Å². The zero-order valence-corrected chi connectivity index (χ0v) is 10.2. The molecule has 1 aliphatic heterocycles. The van der Waals surface area contributed by atoms with Gasteiger partial charge >= 0.3 is 0 Å². The number of rotatable bonds is 3. The lowest BCUT2D eigenvalue weighted by Crippen LogP contribution is -2.02. The zero-order chi connectivity index (χ0) is 13.1. The van der Waals surface area contributed by atoms with Crippen LogP contribution in [0.15, 0.2) is 53.9 Å². The minimum Gasteiger partial charge on any atom is -0.387 e. The van der Waals surface area contributed by atoms with Gasteiger partial charge in [-0.1, -0.05) is 35.5 Å². The molecule has 0 spiro atoms. The Hall–Kier alpha value is -2.49. The van der Waals surface area contributed by atoms with Crippen molar-refractivity contribution in [3.63, 3.8) is 0 Å². The van der Waals surface area contributed by atoms with Crippen LogP contribution in [-0.4, -0.2) is 17.0 Å². The second kappa shape index (κ2) is 5.02. The molecule has 0 fully saturated rings. The first-order valence-electron chi connectivity index (χ1n) is 6.05. The predicted octanol–water partition coefficient (Wildman–Crippen LogP) is 2.76. The summed E-state index contributed by atoms with van der Waals surface area (Å²) in [4.78, 5) is 20.1. The average Bonchev–Trinajstić information content (AvgIpc) is 2.98. The Morgan fingerprint density at radius 1 is 1.21 bits per heavy atom. The number of carbonyl (C=O) groups excluding carboxylic acids is 1. The molecule has 0 saturated carbocycles. The predicted molar refractivity (Wildman–Crippen MR) is 71.0 cm³/mol. The molecule has 0 radical (unpaired) electrons. The van der Waals surface area contributed by atoms with Crippen molar-refractivity contribution in [2.75, 3.05) is 0 Å². The summed E-state index contributed by atoms with van der Waals surface area (Å²) in [5.74, 6) is 0. The molecule has 3 rings (SSSR count). The third-order valence-corrected chi connectivity index (χ3v) is 3.11. The van der Waals surface area contributed by atoms with E-state index < -0.39 is 0 Å². The number of oxime groups is 1. The standard InChI is InChI=1S/C15H12N2O2/c18-10-11-3-5-12(6-4-11)14-8-15(19-17-14)13-2-1-7-16-9-13/h1-7,9-10,15H,8H2. The molecule has 2 heterocycles. The van der Waals surface area contributed by atoms with Gasteiger partial charge in [-0.05, 0) is 11.6 Å². The maximum absolute atomic E-state index is 10.6. The fourth-order valence-corrected chi connectivity index (χ4v) is 2.05. The lowest BCUT2D eigenvalue weighted by molar-refractivity contribution is 0.0855. The number of aromatic nitrogens is 1. The average molecular weight is 252 g/mol. The molecule has 0 aliphatic carbocycles. The molecule has 94 valence electrons. The molecular formula is C15H12N2O2. The molecule has 0 saturated heterocycles. The number of pyridine rings is 1. The minimum atomic E-state index is -0.0746. The van der Waals surface area contributed by atoms with Gasteiger partial charge in [0.2, 0.25) is 0 Å². The second-order valence-corrected chi connectivity index (χ2v) is 4.36. The highest BCUT2D eigenvalue weighted by atomic mass is 16.6. The number of hydrogen-bond acceptors (Lipinski definition) is 4. The van der Waals surface area contributed by atoms with Crippen LogP contribution in [0.25, 0.3) is 0 Å². The van der Waals surface area contributed by atoms with Crippen molar-refractivity contribution in [2.24, 2.45) is 5.16 Å². The summed E-state index contributed by atoms with van der Waals surface area (Å²) in [5, 5.41) is 4.12. The van der Waals surface area contributed by atoms with Crippen molar-refractivity contribution in [1.82, 2.24) is 4.98 Å². The van der Waals surface area contributed by atoms with Crippen LogP contribution in [0.2, 0.25) is 0 Å². The monoisotopic (exact) mass is 252 g/mol. The van der Waals surface area contributed by atoms with Gasteiger partial charge < -0.3 is 4.84 Å². The van der Waals surface area contributed by atoms with Gasteiger partial charge in [0.1, 0.15) is 6.29 Å². The summed E-state index contributed by atoms with van der Waals surface area (Å²) >= 11 is 0. The minimum absolute atomic E-state index is 0.0746. The topological polar surface area (TPSA) is 51.5 Å². The maximum atomic E-state index is 10.6. The normalized spacial score (nSPS) is 17.7. The first-order valence-corrected chi connectivity index (χ1v) is 6.05. The zero-order valence-electron chi connectivity index (χ0n) is 10.2. The Kier molecular flexibility index (Phi) is 3.06. The third kappa shape index (κ3) is 2.38. The molecule has 4 nitrogen and oxygen atoms in total. The molecule has 1 atom stereocenters. The lowest BCUT2D eigenvalue weighted by Gasteiger charge is -2.06. The van der Waals surface area contributed by atoms with Crippen LogP contribution in [-0.2, 0) is 4.84 Å². The largest absolute Gasteiger partial charge is 0.387 e. The summed E-state index contributed by atoms with van der Waals surface area (Å²) in [5.41, 5.74) is 3.56. The first-order chi connectivity index (χ1) is 9.36. The van der Waals surface area contributed by atoms with E-state index in [1.54, 1.807) is 24.5 Å². The van der Waals surface area contributed by atoms with E-state index in [0.717, 1.165) is 23.1 Å². The first kappa shape index (κ1) is 11.6. The van der Waals surface area contributed by atoms with Gasteiger partial charge in [-0.25, -0.2) is 0 Å². The molecule has 1 aromatic heterocycles. The Labute approximate surface area is 110 Å². The van der Waals surface area contributed by atoms with Gasteiger partial charge in [0.25, 0.3) is 0 Å². The summed E-state index contributed by atoms with van der Waals surface area (Å²) < 4.78 is 0. The van der Waals surface area contributed by atoms with E-state index in [4.69, 9.17) is 4.84 Å². The molecule has 1 aliphatic rings. The molecule has 0 amide bonds. The molecule has 1 unspecified atom stereocenters. The molecular weight excluding hydrogens is 240 g/mol. The highest BCUT2D eigenvalue weighted by Crippen LogP contribution is 2.28. The number of carbonyl (C=O) groups is 1. The molecule has 4 heteroatoms. The molecule has 1 aromatic carbocycles. The van der Waals surface area contributed by atoms with Gasteiger partial charge in [-0.3, -0.25) is 9.78 Å². The van der Waals surface area contributed by atoms with Gasteiger partial charge in [-0.2, -0.15) is 0 Å². The van der Waals surface area contributed by atoms with Crippen LogP contribution >= 0.6 is 0 Å². The van der Waals surface area contributed by atoms with Crippen LogP contribution in [0.1, 0.15) is 34.0 Å². The second-order valence-electron chi connectivity index (χ2n) is 4.36. The van der Waals surface area contributed by atoms with Crippen LogP contribution in [0.4, 0.5) is 0 Å². The molecule has 19 heavy (non-hydrogen) atoms. The van der Waals surface area contributed by atoms with Crippen LogP contribution < -0.4 is 0 Å². The van der Waals surface area contributed by atoms with Crippen molar-refractivity contribution in [2.45, 2.75) is 12.5 Å². The highest BCUT2D eigenvalue weighted by Gasteiger charge is 2.23. The lowest BCUT2D eigenvalue weighted by atomic mass is 10.0. The van der Waals surface area contributed by atoms with Crippen LogP contribution in [0, 0.1) is 0 Å². The quantitative estimate of drug-likeness (QED) is 0.789. The number of aldehydes is 1. The summed E-state index contributed by atoms with van der Waals surface area (Å²) in [6, 6.07) is 11.2. The van der Waals surface area contributed by atoms with E-state index >= 15 is 0 Å². The SMILES string of the molecule is O=Cc1ccc(C2=NOC(c3cccnc3)C2)cc1. The van der Waals surface area contributed by atoms with Crippen molar-refractivity contribution in [3.8, 4) is 0 Å². The molecule has 0 N–H and O–H groups in total. The Bertz CT molecular complexity index is 606.